The van der Waals surface area contributed by atoms with Gasteiger partial charge in [-0.1, -0.05) is 24.3 Å². The first-order valence-corrected chi connectivity index (χ1v) is 6.59. The fourth-order valence-corrected chi connectivity index (χ4v) is 2.67. The zero-order valence-electron chi connectivity index (χ0n) is 10.9. The maximum Gasteiger partial charge on any atom is 0.253 e. The average Bonchev–Trinajstić information content (AvgIpc) is 2.85. The topological polar surface area (TPSA) is 55.1 Å². The minimum atomic E-state index is -0.462. The fraction of sp³-hybridized carbons (Fsp3) is 0.188. The van der Waals surface area contributed by atoms with Crippen LogP contribution in [0.3, 0.4) is 0 Å². The maximum absolute atomic E-state index is 13.2. The second-order valence-electron chi connectivity index (χ2n) is 5.00. The van der Waals surface area contributed by atoms with Gasteiger partial charge in [0, 0.05) is 5.69 Å². The highest BCUT2D eigenvalue weighted by Crippen LogP contribution is 2.31. The van der Waals surface area contributed by atoms with E-state index in [4.69, 9.17) is 5.73 Å². The summed E-state index contributed by atoms with van der Waals surface area (Å²) in [4.78, 5) is 12.2. The molecule has 1 aliphatic carbocycles. The smallest absolute Gasteiger partial charge is 0.253 e. The molecule has 0 radical (unpaired) electrons. The van der Waals surface area contributed by atoms with Gasteiger partial charge in [-0.2, -0.15) is 0 Å². The van der Waals surface area contributed by atoms with Crippen molar-refractivity contribution in [1.29, 1.82) is 0 Å². The molecule has 0 heterocycles. The number of rotatable bonds is 2. The van der Waals surface area contributed by atoms with Crippen LogP contribution >= 0.6 is 0 Å². The zero-order chi connectivity index (χ0) is 14.1. The molecule has 1 unspecified atom stereocenters. The van der Waals surface area contributed by atoms with Gasteiger partial charge in [0.15, 0.2) is 0 Å². The SMILES string of the molecule is Nc1ccc(F)cc1C(=O)NC1CCc2ccccc21. The van der Waals surface area contributed by atoms with Crippen LogP contribution in [0.4, 0.5) is 10.1 Å². The van der Waals surface area contributed by atoms with E-state index in [1.807, 2.05) is 18.2 Å². The number of hydrogen-bond donors (Lipinski definition) is 2. The number of amides is 1. The predicted molar refractivity (Wildman–Crippen MR) is 75.8 cm³/mol. The van der Waals surface area contributed by atoms with Gasteiger partial charge in [0.2, 0.25) is 0 Å². The highest BCUT2D eigenvalue weighted by molar-refractivity contribution is 5.99. The number of anilines is 1. The van der Waals surface area contributed by atoms with Crippen molar-refractivity contribution in [1.82, 2.24) is 5.32 Å². The summed E-state index contributed by atoms with van der Waals surface area (Å²) in [6.07, 6.45) is 1.81. The first kappa shape index (κ1) is 12.7. The minimum Gasteiger partial charge on any atom is -0.398 e. The molecule has 0 saturated carbocycles. The number of nitrogens with two attached hydrogens (primary N) is 1. The Hall–Kier alpha value is -2.36. The fourth-order valence-electron chi connectivity index (χ4n) is 2.67. The molecule has 2 aromatic rings. The third kappa shape index (κ3) is 2.25. The lowest BCUT2D eigenvalue weighted by molar-refractivity contribution is 0.0937. The van der Waals surface area contributed by atoms with Crippen LogP contribution in [0.15, 0.2) is 42.5 Å². The molecule has 3 N–H and O–H groups in total. The number of halogens is 1. The van der Waals surface area contributed by atoms with Gasteiger partial charge in [0.05, 0.1) is 11.6 Å². The van der Waals surface area contributed by atoms with E-state index < -0.39 is 5.82 Å². The summed E-state index contributed by atoms with van der Waals surface area (Å²) in [7, 11) is 0. The highest BCUT2D eigenvalue weighted by Gasteiger charge is 2.24. The Kier molecular flexibility index (Phi) is 3.14. The average molecular weight is 270 g/mol. The zero-order valence-corrected chi connectivity index (χ0v) is 10.9. The summed E-state index contributed by atoms with van der Waals surface area (Å²) in [5.74, 6) is -0.792. The van der Waals surface area contributed by atoms with Crippen molar-refractivity contribution in [3.63, 3.8) is 0 Å². The van der Waals surface area contributed by atoms with Gasteiger partial charge in [-0.15, -0.1) is 0 Å². The Morgan fingerprint density at radius 2 is 2.05 bits per heavy atom. The molecule has 0 bridgehead atoms. The first-order chi connectivity index (χ1) is 9.65. The van der Waals surface area contributed by atoms with Crippen molar-refractivity contribution < 1.29 is 9.18 Å². The number of carbonyl (C=O) groups is 1. The van der Waals surface area contributed by atoms with E-state index in [1.54, 1.807) is 0 Å². The monoisotopic (exact) mass is 270 g/mol. The van der Waals surface area contributed by atoms with E-state index in [2.05, 4.69) is 11.4 Å². The van der Waals surface area contributed by atoms with E-state index in [0.29, 0.717) is 0 Å². The molecule has 3 rings (SSSR count). The Bertz CT molecular complexity index is 669. The predicted octanol–water partition coefficient (Wildman–Crippen LogP) is 2.83. The normalized spacial score (nSPS) is 16.8. The first-order valence-electron chi connectivity index (χ1n) is 6.59. The third-order valence-electron chi connectivity index (χ3n) is 3.70. The molecule has 1 atom stereocenters. The molecule has 1 amide bonds. The third-order valence-corrected chi connectivity index (χ3v) is 3.70. The van der Waals surface area contributed by atoms with E-state index in [1.165, 1.54) is 23.8 Å². The Labute approximate surface area is 116 Å². The van der Waals surface area contributed by atoms with Crippen LogP contribution in [0.5, 0.6) is 0 Å². The van der Waals surface area contributed by atoms with Crippen LogP contribution in [0, 0.1) is 5.82 Å². The molecular formula is C16H15FN2O. The van der Waals surface area contributed by atoms with Gasteiger partial charge in [-0.05, 0) is 42.2 Å². The number of fused-ring (bicyclic) bond motifs is 1. The number of nitrogens with one attached hydrogen (secondary N) is 1. The lowest BCUT2D eigenvalue weighted by atomic mass is 10.1. The standard InChI is InChI=1S/C16H15FN2O/c17-11-6-7-14(18)13(9-11)16(20)19-15-8-5-10-3-1-2-4-12(10)15/h1-4,6-7,9,15H,5,8,18H2,(H,19,20). The molecule has 0 saturated heterocycles. The van der Waals surface area contributed by atoms with Crippen molar-refractivity contribution >= 4 is 11.6 Å². The number of nitrogen functional groups attached to an aromatic ring is 1. The van der Waals surface area contributed by atoms with E-state index in [-0.39, 0.29) is 23.2 Å². The van der Waals surface area contributed by atoms with Crippen molar-refractivity contribution in [2.45, 2.75) is 18.9 Å². The van der Waals surface area contributed by atoms with E-state index in [0.717, 1.165) is 18.4 Å². The Balaban J connectivity index is 1.82. The number of carbonyl (C=O) groups excluding carboxylic acids is 1. The van der Waals surface area contributed by atoms with Gasteiger partial charge in [0.25, 0.3) is 5.91 Å². The summed E-state index contributed by atoms with van der Waals surface area (Å²) in [6, 6.07) is 11.8. The van der Waals surface area contributed by atoms with Crippen molar-refractivity contribution in [2.75, 3.05) is 5.73 Å². The quantitative estimate of drug-likeness (QED) is 0.824. The molecule has 20 heavy (non-hydrogen) atoms. The summed E-state index contributed by atoms with van der Waals surface area (Å²) >= 11 is 0. The van der Waals surface area contributed by atoms with Crippen LogP contribution in [0.1, 0.15) is 33.9 Å². The number of benzene rings is 2. The minimum absolute atomic E-state index is 0.0265. The maximum atomic E-state index is 13.2. The number of hydrogen-bond acceptors (Lipinski definition) is 2. The molecule has 102 valence electrons. The molecule has 4 heteroatoms. The lowest BCUT2D eigenvalue weighted by Crippen LogP contribution is -2.27. The molecule has 0 aliphatic heterocycles. The molecule has 0 spiro atoms. The summed E-state index contributed by atoms with van der Waals surface area (Å²) < 4.78 is 13.2. The molecule has 0 aromatic heterocycles. The second-order valence-corrected chi connectivity index (χ2v) is 5.00. The molecule has 2 aromatic carbocycles. The highest BCUT2D eigenvalue weighted by atomic mass is 19.1. The molecule has 1 aliphatic rings. The van der Waals surface area contributed by atoms with Crippen LogP contribution in [-0.2, 0) is 6.42 Å². The van der Waals surface area contributed by atoms with Crippen LogP contribution < -0.4 is 11.1 Å². The van der Waals surface area contributed by atoms with Gasteiger partial charge in [-0.25, -0.2) is 4.39 Å². The summed E-state index contributed by atoms with van der Waals surface area (Å²) in [5.41, 5.74) is 8.60. The van der Waals surface area contributed by atoms with Gasteiger partial charge >= 0.3 is 0 Å². The van der Waals surface area contributed by atoms with Gasteiger partial charge < -0.3 is 11.1 Å². The number of aryl methyl sites for hydroxylation is 1. The second kappa shape index (κ2) is 4.96. The largest absolute Gasteiger partial charge is 0.398 e. The summed E-state index contributed by atoms with van der Waals surface area (Å²) in [5, 5.41) is 2.93. The lowest BCUT2D eigenvalue weighted by Gasteiger charge is -2.15. The van der Waals surface area contributed by atoms with Crippen molar-refractivity contribution in [2.24, 2.45) is 0 Å². The Morgan fingerprint density at radius 1 is 1.25 bits per heavy atom. The van der Waals surface area contributed by atoms with Crippen LogP contribution in [-0.4, -0.2) is 5.91 Å². The van der Waals surface area contributed by atoms with Crippen LogP contribution in [0.25, 0.3) is 0 Å². The molecule has 3 nitrogen and oxygen atoms in total. The Morgan fingerprint density at radius 3 is 2.90 bits per heavy atom. The van der Waals surface area contributed by atoms with Gasteiger partial charge in [-0.3, -0.25) is 4.79 Å². The molecule has 0 fully saturated rings. The summed E-state index contributed by atoms with van der Waals surface area (Å²) in [6.45, 7) is 0. The van der Waals surface area contributed by atoms with Gasteiger partial charge in [0.1, 0.15) is 5.82 Å². The van der Waals surface area contributed by atoms with E-state index >= 15 is 0 Å². The van der Waals surface area contributed by atoms with Crippen molar-refractivity contribution in [3.8, 4) is 0 Å². The van der Waals surface area contributed by atoms with E-state index in [9.17, 15) is 9.18 Å². The van der Waals surface area contributed by atoms with Crippen LogP contribution in [0.2, 0.25) is 0 Å². The van der Waals surface area contributed by atoms with Crippen molar-refractivity contribution in [3.05, 3.63) is 65.0 Å². The molecular weight excluding hydrogens is 255 g/mol.